The Morgan fingerprint density at radius 2 is 1.80 bits per heavy atom. The van der Waals surface area contributed by atoms with Crippen LogP contribution in [0.4, 0.5) is 0 Å². The van der Waals surface area contributed by atoms with Crippen molar-refractivity contribution in [3.05, 3.63) is 29.8 Å². The quantitative estimate of drug-likeness (QED) is 0.475. The van der Waals surface area contributed by atoms with Crippen LogP contribution in [-0.4, -0.2) is 11.7 Å². The molecule has 0 heterocycles. The van der Waals surface area contributed by atoms with Crippen LogP contribution in [0.5, 0.6) is 5.75 Å². The van der Waals surface area contributed by atoms with Crippen LogP contribution in [0.15, 0.2) is 24.3 Å². The highest BCUT2D eigenvalue weighted by molar-refractivity contribution is 7.81. The molecule has 2 nitrogen and oxygen atoms in total. The molecule has 0 bridgehead atoms. The van der Waals surface area contributed by atoms with Gasteiger partial charge >= 0.3 is 5.97 Å². The van der Waals surface area contributed by atoms with Crippen molar-refractivity contribution in [3.63, 3.8) is 0 Å². The van der Waals surface area contributed by atoms with Crippen molar-refractivity contribution >= 4 is 18.6 Å². The first kappa shape index (κ1) is 12.1. The summed E-state index contributed by atoms with van der Waals surface area (Å²) in [6, 6.07) is 7.56. The molecule has 82 valence electrons. The van der Waals surface area contributed by atoms with Gasteiger partial charge in [0, 0.05) is 0 Å². The lowest BCUT2D eigenvalue weighted by molar-refractivity contribution is -0.131. The topological polar surface area (TPSA) is 26.3 Å². The summed E-state index contributed by atoms with van der Waals surface area (Å²) in [5.74, 6) is 0.338. The highest BCUT2D eigenvalue weighted by Gasteiger charge is 2.13. The summed E-state index contributed by atoms with van der Waals surface area (Å²) < 4.78 is 5.02. The van der Waals surface area contributed by atoms with Crippen LogP contribution in [0.25, 0.3) is 0 Å². The molecule has 0 aromatic heterocycles. The average Bonchev–Trinajstić information content (AvgIpc) is 2.17. The van der Waals surface area contributed by atoms with Crippen molar-refractivity contribution in [1.82, 2.24) is 0 Å². The fourth-order valence-electron chi connectivity index (χ4n) is 1.19. The largest absolute Gasteiger partial charge is 0.426 e. The summed E-state index contributed by atoms with van der Waals surface area (Å²) in [7, 11) is 0. The Labute approximate surface area is 96.1 Å². The Bertz CT molecular complexity index is 336. The molecule has 0 aliphatic heterocycles. The van der Waals surface area contributed by atoms with E-state index in [1.54, 1.807) is 0 Å². The maximum Gasteiger partial charge on any atom is 0.321 e. The summed E-state index contributed by atoms with van der Waals surface area (Å²) >= 11 is 3.84. The number of benzene rings is 1. The molecule has 0 spiro atoms. The molecule has 0 radical (unpaired) electrons. The molecule has 0 atom stereocenters. The van der Waals surface area contributed by atoms with Gasteiger partial charge in [0.1, 0.15) is 5.75 Å². The van der Waals surface area contributed by atoms with E-state index in [1.807, 2.05) is 24.3 Å². The van der Waals surface area contributed by atoms with E-state index in [4.69, 9.17) is 4.74 Å². The molecule has 0 saturated carbocycles. The molecule has 0 fully saturated rings. The van der Waals surface area contributed by atoms with Crippen molar-refractivity contribution in [2.75, 3.05) is 5.75 Å². The van der Waals surface area contributed by atoms with Crippen LogP contribution in [0, 0.1) is 0 Å². The molecule has 0 aliphatic carbocycles. The van der Waals surface area contributed by atoms with Crippen LogP contribution in [-0.2, 0) is 10.2 Å². The molecule has 1 rings (SSSR count). The third-order valence-corrected chi connectivity index (χ3v) is 2.34. The lowest BCUT2D eigenvalue weighted by Gasteiger charge is -2.18. The van der Waals surface area contributed by atoms with E-state index in [1.165, 1.54) is 5.56 Å². The molecule has 1 aromatic carbocycles. The van der Waals surface area contributed by atoms with Crippen molar-refractivity contribution in [2.45, 2.75) is 26.2 Å². The second-order valence-electron chi connectivity index (χ2n) is 4.41. The van der Waals surface area contributed by atoms with Gasteiger partial charge < -0.3 is 4.74 Å². The predicted molar refractivity (Wildman–Crippen MR) is 64.6 cm³/mol. The average molecular weight is 224 g/mol. The summed E-state index contributed by atoms with van der Waals surface area (Å²) in [5.41, 5.74) is 1.33. The van der Waals surface area contributed by atoms with Gasteiger partial charge in [-0.25, -0.2) is 0 Å². The number of thiol groups is 1. The van der Waals surface area contributed by atoms with Gasteiger partial charge in [0.15, 0.2) is 0 Å². The molecular weight excluding hydrogens is 208 g/mol. The Balaban J connectivity index is 2.77. The predicted octanol–water partition coefficient (Wildman–Crippen LogP) is 2.82. The molecule has 0 amide bonds. The summed E-state index contributed by atoms with van der Waals surface area (Å²) in [4.78, 5) is 11.0. The summed E-state index contributed by atoms with van der Waals surface area (Å²) in [6.07, 6.45) is 0. The minimum atomic E-state index is -0.332. The molecule has 0 unspecified atom stereocenters. The molecular formula is C12H16O2S. The third-order valence-electron chi connectivity index (χ3n) is 2.08. The first-order valence-corrected chi connectivity index (χ1v) is 5.49. The van der Waals surface area contributed by atoms with Crippen molar-refractivity contribution in [2.24, 2.45) is 0 Å². The summed E-state index contributed by atoms with van der Waals surface area (Å²) in [5, 5.41) is 0. The standard InChI is InChI=1S/C12H16O2S/c1-12(2,3)9-4-6-10(7-5-9)14-11(13)8-15/h4-7,15H,8H2,1-3H3. The zero-order valence-corrected chi connectivity index (χ0v) is 10.2. The first-order valence-electron chi connectivity index (χ1n) is 4.85. The Morgan fingerprint density at radius 1 is 1.27 bits per heavy atom. The van der Waals surface area contributed by atoms with Crippen LogP contribution < -0.4 is 4.74 Å². The van der Waals surface area contributed by atoms with Crippen LogP contribution in [0.3, 0.4) is 0 Å². The molecule has 0 saturated heterocycles. The van der Waals surface area contributed by atoms with Gasteiger partial charge in [0.2, 0.25) is 0 Å². The van der Waals surface area contributed by atoms with E-state index in [9.17, 15) is 4.79 Å². The van der Waals surface area contributed by atoms with E-state index in [-0.39, 0.29) is 17.1 Å². The van der Waals surface area contributed by atoms with Gasteiger partial charge in [0.25, 0.3) is 0 Å². The lowest BCUT2D eigenvalue weighted by atomic mass is 9.87. The Hall–Kier alpha value is -0.960. The number of ether oxygens (including phenoxy) is 1. The second kappa shape index (κ2) is 4.71. The zero-order chi connectivity index (χ0) is 11.5. The molecule has 3 heteroatoms. The van der Waals surface area contributed by atoms with E-state index >= 15 is 0 Å². The van der Waals surface area contributed by atoms with Gasteiger partial charge in [-0.15, -0.1) is 0 Å². The Morgan fingerprint density at radius 3 is 2.20 bits per heavy atom. The molecule has 0 aliphatic rings. The highest BCUT2D eigenvalue weighted by atomic mass is 32.1. The minimum absolute atomic E-state index is 0.0982. The first-order chi connectivity index (χ1) is 6.93. The number of hydrogen-bond acceptors (Lipinski definition) is 3. The number of carbonyl (C=O) groups excluding carboxylic acids is 1. The van der Waals surface area contributed by atoms with Crippen LogP contribution in [0.2, 0.25) is 0 Å². The third kappa shape index (κ3) is 3.59. The fourth-order valence-corrected chi connectivity index (χ4v) is 1.25. The van der Waals surface area contributed by atoms with E-state index < -0.39 is 0 Å². The Kier molecular flexibility index (Phi) is 3.80. The lowest BCUT2D eigenvalue weighted by Crippen LogP contribution is -2.12. The van der Waals surface area contributed by atoms with Gasteiger partial charge in [-0.3, -0.25) is 4.79 Å². The van der Waals surface area contributed by atoms with Crippen molar-refractivity contribution < 1.29 is 9.53 Å². The molecule has 0 N–H and O–H groups in total. The highest BCUT2D eigenvalue weighted by Crippen LogP contribution is 2.24. The van der Waals surface area contributed by atoms with E-state index in [2.05, 4.69) is 33.4 Å². The zero-order valence-electron chi connectivity index (χ0n) is 9.28. The minimum Gasteiger partial charge on any atom is -0.426 e. The normalized spacial score (nSPS) is 11.2. The van der Waals surface area contributed by atoms with Gasteiger partial charge in [0.05, 0.1) is 5.75 Å². The van der Waals surface area contributed by atoms with Crippen molar-refractivity contribution in [1.29, 1.82) is 0 Å². The number of rotatable bonds is 2. The number of carbonyl (C=O) groups is 1. The van der Waals surface area contributed by atoms with E-state index in [0.717, 1.165) is 0 Å². The molecule has 15 heavy (non-hydrogen) atoms. The van der Waals surface area contributed by atoms with Gasteiger partial charge in [-0.1, -0.05) is 32.9 Å². The van der Waals surface area contributed by atoms with Crippen molar-refractivity contribution in [3.8, 4) is 5.75 Å². The van der Waals surface area contributed by atoms with Gasteiger partial charge in [-0.05, 0) is 23.1 Å². The van der Waals surface area contributed by atoms with E-state index in [0.29, 0.717) is 5.75 Å². The van der Waals surface area contributed by atoms with Crippen LogP contribution >= 0.6 is 12.6 Å². The number of esters is 1. The second-order valence-corrected chi connectivity index (χ2v) is 4.72. The van der Waals surface area contributed by atoms with Gasteiger partial charge in [-0.2, -0.15) is 12.6 Å². The SMILES string of the molecule is CC(C)(C)c1ccc(OC(=O)CS)cc1. The smallest absolute Gasteiger partial charge is 0.321 e. The fraction of sp³-hybridized carbons (Fsp3) is 0.417. The number of hydrogen-bond donors (Lipinski definition) is 1. The molecule has 1 aromatic rings. The monoisotopic (exact) mass is 224 g/mol. The summed E-state index contributed by atoms with van der Waals surface area (Å²) in [6.45, 7) is 6.42. The maximum atomic E-state index is 11.0. The maximum absolute atomic E-state index is 11.0. The van der Waals surface area contributed by atoms with Crippen LogP contribution in [0.1, 0.15) is 26.3 Å².